The van der Waals surface area contributed by atoms with E-state index < -0.39 is 40.3 Å². The molecular formula is C17H16F2N2O4. The van der Waals surface area contributed by atoms with Crippen molar-refractivity contribution in [1.29, 1.82) is 0 Å². The number of rotatable bonds is 6. The Hall–Kier alpha value is -3.03. The molecule has 1 N–H and O–H groups in total. The average molecular weight is 350 g/mol. The largest absolute Gasteiger partial charge is 0.474 e. The van der Waals surface area contributed by atoms with Crippen LogP contribution in [0, 0.1) is 21.7 Å². The standard InChI is InChI=1S/C17H16F2N2O4/c1-10(12-3-5-13(18)6-4-12)20-17(22)11(2)25-16-9-14(19)7-8-15(16)21(23)24/h3-11H,1-2H3,(H,20,22)/t10-,11+/m0/s1. The quantitative estimate of drug-likeness (QED) is 0.638. The summed E-state index contributed by atoms with van der Waals surface area (Å²) in [5.74, 6) is -1.98. The first kappa shape index (κ1) is 18.3. The number of carbonyl (C=O) groups is 1. The first-order valence-corrected chi connectivity index (χ1v) is 7.44. The van der Waals surface area contributed by atoms with Gasteiger partial charge in [0, 0.05) is 12.1 Å². The summed E-state index contributed by atoms with van der Waals surface area (Å²) in [7, 11) is 0. The van der Waals surface area contributed by atoms with Gasteiger partial charge in [-0.25, -0.2) is 8.78 Å². The Morgan fingerprint density at radius 1 is 1.12 bits per heavy atom. The van der Waals surface area contributed by atoms with Crippen LogP contribution >= 0.6 is 0 Å². The molecule has 0 saturated carbocycles. The molecule has 0 unspecified atom stereocenters. The molecular weight excluding hydrogens is 334 g/mol. The van der Waals surface area contributed by atoms with Crippen LogP contribution in [0.2, 0.25) is 0 Å². The predicted octanol–water partition coefficient (Wildman–Crippen LogP) is 3.52. The highest BCUT2D eigenvalue weighted by Gasteiger charge is 2.23. The zero-order valence-electron chi connectivity index (χ0n) is 13.5. The summed E-state index contributed by atoms with van der Waals surface area (Å²) in [4.78, 5) is 22.4. The smallest absolute Gasteiger partial charge is 0.311 e. The van der Waals surface area contributed by atoms with Gasteiger partial charge in [0.1, 0.15) is 11.6 Å². The average Bonchev–Trinajstić information content (AvgIpc) is 2.55. The highest BCUT2D eigenvalue weighted by Crippen LogP contribution is 2.28. The lowest BCUT2D eigenvalue weighted by molar-refractivity contribution is -0.386. The first-order chi connectivity index (χ1) is 11.8. The van der Waals surface area contributed by atoms with Crippen molar-refractivity contribution < 1.29 is 23.2 Å². The fourth-order valence-corrected chi connectivity index (χ4v) is 2.14. The van der Waals surface area contributed by atoms with E-state index in [4.69, 9.17) is 4.74 Å². The van der Waals surface area contributed by atoms with Gasteiger partial charge in [-0.15, -0.1) is 0 Å². The van der Waals surface area contributed by atoms with E-state index in [9.17, 15) is 23.7 Å². The van der Waals surface area contributed by atoms with Gasteiger partial charge in [0.25, 0.3) is 5.91 Å². The molecule has 0 aliphatic rings. The van der Waals surface area contributed by atoms with Crippen molar-refractivity contribution in [2.45, 2.75) is 26.0 Å². The van der Waals surface area contributed by atoms with Crippen molar-refractivity contribution in [3.63, 3.8) is 0 Å². The van der Waals surface area contributed by atoms with E-state index in [-0.39, 0.29) is 5.75 Å². The van der Waals surface area contributed by atoms with Crippen LogP contribution in [0.4, 0.5) is 14.5 Å². The number of carbonyl (C=O) groups excluding carboxylic acids is 1. The molecule has 8 heteroatoms. The Labute approximate surface area is 142 Å². The number of ether oxygens (including phenoxy) is 1. The molecule has 2 aromatic rings. The summed E-state index contributed by atoms with van der Waals surface area (Å²) in [5, 5.41) is 13.6. The van der Waals surface area contributed by atoms with Crippen LogP contribution in [-0.4, -0.2) is 16.9 Å². The molecule has 6 nitrogen and oxygen atoms in total. The maximum atomic E-state index is 13.3. The van der Waals surface area contributed by atoms with Gasteiger partial charge in [0.2, 0.25) is 5.75 Å². The highest BCUT2D eigenvalue weighted by atomic mass is 19.1. The van der Waals surface area contributed by atoms with Crippen molar-refractivity contribution in [3.05, 3.63) is 69.8 Å². The Morgan fingerprint density at radius 3 is 2.32 bits per heavy atom. The number of nitro groups is 1. The van der Waals surface area contributed by atoms with E-state index in [1.807, 2.05) is 0 Å². The lowest BCUT2D eigenvalue weighted by Crippen LogP contribution is -2.37. The first-order valence-electron chi connectivity index (χ1n) is 7.44. The maximum absolute atomic E-state index is 13.3. The lowest BCUT2D eigenvalue weighted by Gasteiger charge is -2.19. The number of amides is 1. The molecule has 0 fully saturated rings. The van der Waals surface area contributed by atoms with Crippen LogP contribution < -0.4 is 10.1 Å². The van der Waals surface area contributed by atoms with Crippen LogP contribution in [-0.2, 0) is 4.79 Å². The van der Waals surface area contributed by atoms with E-state index in [1.165, 1.54) is 31.2 Å². The fraction of sp³-hybridized carbons (Fsp3) is 0.235. The summed E-state index contributed by atoms with van der Waals surface area (Å²) in [6.07, 6.45) is -1.09. The van der Waals surface area contributed by atoms with E-state index >= 15 is 0 Å². The third kappa shape index (κ3) is 4.72. The van der Waals surface area contributed by atoms with Crippen LogP contribution in [0.15, 0.2) is 42.5 Å². The minimum absolute atomic E-state index is 0.331. The van der Waals surface area contributed by atoms with E-state index in [2.05, 4.69) is 5.32 Å². The molecule has 2 atom stereocenters. The van der Waals surface area contributed by atoms with Gasteiger partial charge in [-0.05, 0) is 37.6 Å². The highest BCUT2D eigenvalue weighted by molar-refractivity contribution is 5.81. The Balaban J connectivity index is 2.06. The summed E-state index contributed by atoms with van der Waals surface area (Å²) in [5.41, 5.74) is 0.242. The molecule has 0 aliphatic carbocycles. The van der Waals surface area contributed by atoms with Gasteiger partial charge in [0.15, 0.2) is 6.10 Å². The molecule has 25 heavy (non-hydrogen) atoms. The molecule has 2 aromatic carbocycles. The minimum Gasteiger partial charge on any atom is -0.474 e. The summed E-state index contributed by atoms with van der Waals surface area (Å²) in [6.45, 7) is 3.09. The Kier molecular flexibility index (Phi) is 5.63. The number of hydrogen-bond acceptors (Lipinski definition) is 4. The van der Waals surface area contributed by atoms with Gasteiger partial charge in [-0.1, -0.05) is 12.1 Å². The van der Waals surface area contributed by atoms with Crippen molar-refractivity contribution >= 4 is 11.6 Å². The summed E-state index contributed by atoms with van der Waals surface area (Å²) in [6, 6.07) is 7.93. The number of halogens is 2. The molecule has 0 heterocycles. The number of hydrogen-bond donors (Lipinski definition) is 1. The normalized spacial score (nSPS) is 13.0. The van der Waals surface area contributed by atoms with Crippen LogP contribution in [0.1, 0.15) is 25.5 Å². The zero-order chi connectivity index (χ0) is 18.6. The van der Waals surface area contributed by atoms with Crippen LogP contribution in [0.3, 0.4) is 0 Å². The van der Waals surface area contributed by atoms with Gasteiger partial charge >= 0.3 is 5.69 Å². The molecule has 132 valence electrons. The van der Waals surface area contributed by atoms with Gasteiger partial charge < -0.3 is 10.1 Å². The Bertz CT molecular complexity index is 781. The summed E-state index contributed by atoms with van der Waals surface area (Å²) >= 11 is 0. The van der Waals surface area contributed by atoms with Gasteiger partial charge in [0.05, 0.1) is 11.0 Å². The SMILES string of the molecule is C[C@H](NC(=O)[C@@H](C)Oc1cc(F)ccc1[N+](=O)[O-])c1ccc(F)cc1. The van der Waals surface area contributed by atoms with Crippen LogP contribution in [0.25, 0.3) is 0 Å². The summed E-state index contributed by atoms with van der Waals surface area (Å²) < 4.78 is 31.5. The maximum Gasteiger partial charge on any atom is 0.311 e. The topological polar surface area (TPSA) is 81.5 Å². The predicted molar refractivity (Wildman–Crippen MR) is 86.1 cm³/mol. The van der Waals surface area contributed by atoms with Crippen molar-refractivity contribution in [3.8, 4) is 5.75 Å². The van der Waals surface area contributed by atoms with Crippen molar-refractivity contribution in [2.75, 3.05) is 0 Å². The monoisotopic (exact) mass is 350 g/mol. The zero-order valence-corrected chi connectivity index (χ0v) is 13.5. The van der Waals surface area contributed by atoms with E-state index in [1.54, 1.807) is 6.92 Å². The molecule has 0 bridgehead atoms. The third-order valence-electron chi connectivity index (χ3n) is 3.52. The van der Waals surface area contributed by atoms with Crippen molar-refractivity contribution in [2.24, 2.45) is 0 Å². The number of nitrogens with zero attached hydrogens (tertiary/aromatic N) is 1. The third-order valence-corrected chi connectivity index (χ3v) is 3.52. The van der Waals surface area contributed by atoms with E-state index in [0.29, 0.717) is 5.56 Å². The Morgan fingerprint density at radius 2 is 1.72 bits per heavy atom. The molecule has 0 saturated heterocycles. The fourth-order valence-electron chi connectivity index (χ4n) is 2.14. The van der Waals surface area contributed by atoms with Gasteiger partial charge in [-0.3, -0.25) is 14.9 Å². The molecule has 0 radical (unpaired) electrons. The second kappa shape index (κ2) is 7.69. The molecule has 0 spiro atoms. The molecule has 1 amide bonds. The lowest BCUT2D eigenvalue weighted by atomic mass is 10.1. The minimum atomic E-state index is -1.09. The molecule has 0 aliphatic heterocycles. The second-order valence-electron chi connectivity index (χ2n) is 5.41. The van der Waals surface area contributed by atoms with Crippen LogP contribution in [0.5, 0.6) is 5.75 Å². The van der Waals surface area contributed by atoms with Crippen molar-refractivity contribution in [1.82, 2.24) is 5.32 Å². The van der Waals surface area contributed by atoms with Gasteiger partial charge in [-0.2, -0.15) is 0 Å². The molecule has 2 rings (SSSR count). The number of nitrogens with one attached hydrogen (secondary N) is 1. The molecule has 0 aromatic heterocycles. The van der Waals surface area contributed by atoms with E-state index in [0.717, 1.165) is 18.2 Å². The number of benzene rings is 2. The second-order valence-corrected chi connectivity index (χ2v) is 5.41. The number of nitro benzene ring substituents is 1.